The first kappa shape index (κ1) is 20.8. The molecule has 0 aromatic heterocycles. The highest BCUT2D eigenvalue weighted by Crippen LogP contribution is 2.29. The summed E-state index contributed by atoms with van der Waals surface area (Å²) >= 11 is 0. The van der Waals surface area contributed by atoms with Gasteiger partial charge in [-0.2, -0.15) is 0 Å². The molecule has 0 aromatic rings. The minimum Gasteiger partial charge on any atom is -0.463 e. The topological polar surface area (TPSA) is 135 Å². The zero-order chi connectivity index (χ0) is 19.1. The lowest BCUT2D eigenvalue weighted by Gasteiger charge is -2.43. The largest absolute Gasteiger partial charge is 0.463 e. The van der Waals surface area contributed by atoms with E-state index in [2.05, 4.69) is 0 Å². The molecule has 0 spiro atoms. The Morgan fingerprint density at radius 1 is 0.760 bits per heavy atom. The Hall–Kier alpha value is -2.20. The summed E-state index contributed by atoms with van der Waals surface area (Å²) in [7, 11) is 0. The van der Waals surface area contributed by atoms with Crippen LogP contribution in [0.1, 0.15) is 27.7 Å². The zero-order valence-corrected chi connectivity index (χ0v) is 14.4. The van der Waals surface area contributed by atoms with Crippen molar-refractivity contribution >= 4 is 23.9 Å². The molecule has 0 bridgehead atoms. The van der Waals surface area contributed by atoms with Crippen LogP contribution in [-0.4, -0.2) is 72.7 Å². The minimum atomic E-state index is -1.24. The van der Waals surface area contributed by atoms with Crippen molar-refractivity contribution in [2.75, 3.05) is 13.2 Å². The van der Waals surface area contributed by atoms with Gasteiger partial charge in [0.15, 0.2) is 18.3 Å². The van der Waals surface area contributed by atoms with Gasteiger partial charge >= 0.3 is 23.9 Å². The molecule has 1 aliphatic rings. The Bertz CT molecular complexity index is 516. The second kappa shape index (κ2) is 9.33. The van der Waals surface area contributed by atoms with E-state index in [-0.39, 0.29) is 6.61 Å². The number of carbonyl (C=O) groups excluding carboxylic acids is 4. The lowest BCUT2D eigenvalue weighted by atomic mass is 9.94. The molecule has 5 atom stereocenters. The molecule has 0 radical (unpaired) electrons. The first-order chi connectivity index (χ1) is 11.6. The third kappa shape index (κ3) is 6.31. The van der Waals surface area contributed by atoms with E-state index in [9.17, 15) is 24.3 Å². The van der Waals surface area contributed by atoms with Gasteiger partial charge in [-0.1, -0.05) is 0 Å². The van der Waals surface area contributed by atoms with E-state index in [0.29, 0.717) is 0 Å². The smallest absolute Gasteiger partial charge is 0.303 e. The van der Waals surface area contributed by atoms with Crippen molar-refractivity contribution in [2.24, 2.45) is 0 Å². The van der Waals surface area contributed by atoms with Gasteiger partial charge in [0.05, 0.1) is 6.61 Å². The van der Waals surface area contributed by atoms with E-state index in [1.54, 1.807) is 0 Å². The molecule has 10 heteroatoms. The number of esters is 4. The normalized spacial score (nSPS) is 28.6. The maximum Gasteiger partial charge on any atom is 0.303 e. The summed E-state index contributed by atoms with van der Waals surface area (Å²) < 4.78 is 25.8. The van der Waals surface area contributed by atoms with Crippen LogP contribution in [0.5, 0.6) is 0 Å². The van der Waals surface area contributed by atoms with Gasteiger partial charge in [0.2, 0.25) is 0 Å². The van der Waals surface area contributed by atoms with Gasteiger partial charge in [0, 0.05) is 27.7 Å². The highest BCUT2D eigenvalue weighted by Gasteiger charge is 2.51. The molecular weight excluding hydrogens is 340 g/mol. The number of aliphatic hydroxyl groups excluding tert-OH is 1. The average Bonchev–Trinajstić information content (AvgIpc) is 2.48. The summed E-state index contributed by atoms with van der Waals surface area (Å²) in [4.78, 5) is 45.3. The fraction of sp³-hybridized carbons (Fsp3) is 0.733. The van der Waals surface area contributed by atoms with Crippen molar-refractivity contribution in [1.29, 1.82) is 0 Å². The molecule has 1 rings (SSSR count). The fourth-order valence-electron chi connectivity index (χ4n) is 2.46. The third-order valence-electron chi connectivity index (χ3n) is 3.27. The van der Waals surface area contributed by atoms with E-state index in [1.807, 2.05) is 0 Å². The van der Waals surface area contributed by atoms with Crippen molar-refractivity contribution in [1.82, 2.24) is 0 Å². The minimum absolute atomic E-state index is 0.311. The van der Waals surface area contributed by atoms with E-state index >= 15 is 0 Å². The van der Waals surface area contributed by atoms with Crippen LogP contribution in [0, 0.1) is 0 Å². The Morgan fingerprint density at radius 3 is 1.60 bits per heavy atom. The van der Waals surface area contributed by atoms with Crippen molar-refractivity contribution in [2.45, 2.75) is 58.2 Å². The Kier molecular flexibility index (Phi) is 7.78. The lowest BCUT2D eigenvalue weighted by molar-refractivity contribution is -0.256. The number of rotatable bonds is 6. The molecule has 1 heterocycles. The van der Waals surface area contributed by atoms with Gasteiger partial charge in [-0.25, -0.2) is 0 Å². The predicted molar refractivity (Wildman–Crippen MR) is 79.0 cm³/mol. The molecule has 1 N–H and O–H groups in total. The van der Waals surface area contributed by atoms with Crippen molar-refractivity contribution in [3.8, 4) is 0 Å². The van der Waals surface area contributed by atoms with Crippen LogP contribution in [0.25, 0.3) is 0 Å². The Morgan fingerprint density at radius 2 is 1.20 bits per heavy atom. The third-order valence-corrected chi connectivity index (χ3v) is 3.27. The lowest BCUT2D eigenvalue weighted by Crippen LogP contribution is -2.63. The molecular formula is C15H22O10. The molecule has 0 unspecified atom stereocenters. The molecule has 142 valence electrons. The van der Waals surface area contributed by atoms with Crippen LogP contribution in [0.3, 0.4) is 0 Å². The molecule has 10 nitrogen and oxygen atoms in total. The van der Waals surface area contributed by atoms with Gasteiger partial charge in [-0.3, -0.25) is 19.2 Å². The first-order valence-electron chi connectivity index (χ1n) is 7.57. The summed E-state index contributed by atoms with van der Waals surface area (Å²) in [6.45, 7) is 3.68. The van der Waals surface area contributed by atoms with Gasteiger partial charge in [-0.05, 0) is 0 Å². The molecule has 0 aliphatic carbocycles. The quantitative estimate of drug-likeness (QED) is 0.468. The standard InChI is InChI=1S/C15H22O10/c1-7(17)21-6-12-14(23-9(3)19)15(24-10(4)20)13(22-8(2)18)11(5-16)25-12/h11-16H,5-6H2,1-4H3/t11-,12-,13+,14+,15-/m1/s1. The van der Waals surface area contributed by atoms with Gasteiger partial charge < -0.3 is 28.8 Å². The zero-order valence-electron chi connectivity index (χ0n) is 14.4. The highest BCUT2D eigenvalue weighted by atomic mass is 16.7. The molecule has 1 fully saturated rings. The first-order valence-corrected chi connectivity index (χ1v) is 7.57. The fourth-order valence-corrected chi connectivity index (χ4v) is 2.46. The van der Waals surface area contributed by atoms with E-state index < -0.39 is 61.0 Å². The molecule has 25 heavy (non-hydrogen) atoms. The molecule has 0 saturated carbocycles. The highest BCUT2D eigenvalue weighted by molar-refractivity contribution is 5.68. The van der Waals surface area contributed by atoms with Crippen LogP contribution >= 0.6 is 0 Å². The van der Waals surface area contributed by atoms with Crippen LogP contribution in [0.4, 0.5) is 0 Å². The SMILES string of the molecule is CC(=O)OC[C@H]1O[C@H](CO)[C@H](OC(C)=O)[C@@H](OC(C)=O)[C@H]1OC(C)=O. The number of carbonyl (C=O) groups is 4. The van der Waals surface area contributed by atoms with E-state index in [0.717, 1.165) is 20.8 Å². The summed E-state index contributed by atoms with van der Waals surface area (Å²) in [5.41, 5.74) is 0. The second-order valence-electron chi connectivity index (χ2n) is 5.42. The van der Waals surface area contributed by atoms with Gasteiger partial charge in [-0.15, -0.1) is 0 Å². The maximum atomic E-state index is 11.5. The molecule has 0 amide bonds. The average molecular weight is 362 g/mol. The Labute approximate surface area is 144 Å². The molecule has 1 aliphatic heterocycles. The van der Waals surface area contributed by atoms with Gasteiger partial charge in [0.25, 0.3) is 0 Å². The predicted octanol–water partition coefficient (Wildman–Crippen LogP) is -0.896. The summed E-state index contributed by atoms with van der Waals surface area (Å²) in [6, 6.07) is 0. The van der Waals surface area contributed by atoms with E-state index in [1.165, 1.54) is 6.92 Å². The van der Waals surface area contributed by atoms with Crippen molar-refractivity contribution in [3.05, 3.63) is 0 Å². The van der Waals surface area contributed by atoms with Crippen molar-refractivity contribution < 1.29 is 48.0 Å². The maximum absolute atomic E-state index is 11.5. The molecule has 1 saturated heterocycles. The monoisotopic (exact) mass is 362 g/mol. The Balaban J connectivity index is 3.18. The van der Waals surface area contributed by atoms with Crippen LogP contribution in [0.2, 0.25) is 0 Å². The van der Waals surface area contributed by atoms with Gasteiger partial charge in [0.1, 0.15) is 18.8 Å². The number of hydrogen-bond donors (Lipinski definition) is 1. The summed E-state index contributed by atoms with van der Waals surface area (Å²) in [5, 5.41) is 9.52. The number of aliphatic hydroxyl groups is 1. The number of hydrogen-bond acceptors (Lipinski definition) is 10. The second-order valence-corrected chi connectivity index (χ2v) is 5.42. The molecule has 0 aromatic carbocycles. The van der Waals surface area contributed by atoms with E-state index in [4.69, 9.17) is 23.7 Å². The van der Waals surface area contributed by atoms with Crippen LogP contribution in [0.15, 0.2) is 0 Å². The van der Waals surface area contributed by atoms with Crippen LogP contribution < -0.4 is 0 Å². The van der Waals surface area contributed by atoms with Crippen LogP contribution in [-0.2, 0) is 42.9 Å². The van der Waals surface area contributed by atoms with Crippen molar-refractivity contribution in [3.63, 3.8) is 0 Å². The summed E-state index contributed by atoms with van der Waals surface area (Å²) in [6.07, 6.45) is -5.74. The summed E-state index contributed by atoms with van der Waals surface area (Å²) in [5.74, 6) is -2.73. The number of ether oxygens (including phenoxy) is 5.